The van der Waals surface area contributed by atoms with E-state index in [2.05, 4.69) is 73.6 Å². The summed E-state index contributed by atoms with van der Waals surface area (Å²) in [5, 5.41) is 3.41. The molecule has 0 radical (unpaired) electrons. The molecule has 0 spiro atoms. The third-order valence-corrected chi connectivity index (χ3v) is 6.75. The van der Waals surface area contributed by atoms with Gasteiger partial charge in [-0.25, -0.2) is 4.98 Å². The van der Waals surface area contributed by atoms with E-state index >= 15 is 0 Å². The molecule has 0 bridgehead atoms. The first kappa shape index (κ1) is 16.3. The van der Waals surface area contributed by atoms with Gasteiger partial charge in [-0.2, -0.15) is 0 Å². The lowest BCUT2D eigenvalue weighted by Gasteiger charge is -2.33. The number of halogens is 2. The minimum atomic E-state index is 0.554. The first-order valence-electron chi connectivity index (χ1n) is 7.83. The highest BCUT2D eigenvalue weighted by molar-refractivity contribution is 9.13. The molecule has 0 saturated carbocycles. The maximum Gasteiger partial charge on any atom is 0.206 e. The van der Waals surface area contributed by atoms with Gasteiger partial charge in [-0.1, -0.05) is 0 Å². The van der Waals surface area contributed by atoms with E-state index in [1.807, 2.05) is 0 Å². The molecule has 1 aromatic heterocycles. The predicted octanol–water partition coefficient (Wildman–Crippen LogP) is 4.08. The zero-order chi connectivity index (χ0) is 15.9. The van der Waals surface area contributed by atoms with Crippen molar-refractivity contribution in [1.29, 1.82) is 0 Å². The van der Waals surface area contributed by atoms with Crippen molar-refractivity contribution in [2.24, 2.45) is 0 Å². The van der Waals surface area contributed by atoms with Crippen molar-refractivity contribution >= 4 is 48.8 Å². The van der Waals surface area contributed by atoms with Crippen LogP contribution >= 0.6 is 31.9 Å². The molecule has 1 fully saturated rings. The topological polar surface area (TPSA) is 33.1 Å². The second-order valence-electron chi connectivity index (χ2n) is 5.90. The third-order valence-electron chi connectivity index (χ3n) is 4.57. The molecule has 0 unspecified atom stereocenters. The number of imidazole rings is 1. The van der Waals surface area contributed by atoms with Crippen LogP contribution in [0, 0.1) is 6.92 Å². The number of likely N-dealkylation sites (N-methyl/N-ethyl adjacent to an activating group) is 1. The van der Waals surface area contributed by atoms with Crippen molar-refractivity contribution in [2.45, 2.75) is 39.3 Å². The number of aryl methyl sites for hydroxylation is 2. The molecule has 1 aliphatic heterocycles. The number of nitrogens with one attached hydrogen (secondary N) is 1. The van der Waals surface area contributed by atoms with Crippen LogP contribution in [-0.2, 0) is 6.54 Å². The lowest BCUT2D eigenvalue weighted by Crippen LogP contribution is -2.45. The molecular weight excluding hydrogens is 408 g/mol. The molecule has 1 aromatic carbocycles. The monoisotopic (exact) mass is 428 g/mol. The SMILES string of the molecule is CCn1c(N2CCC[C@H](NC)C2)nc2c(C)c(Br)c(Br)cc21. The molecule has 0 aliphatic carbocycles. The minimum absolute atomic E-state index is 0.554. The number of hydrogen-bond donors (Lipinski definition) is 1. The summed E-state index contributed by atoms with van der Waals surface area (Å²) in [6.45, 7) is 7.36. The summed E-state index contributed by atoms with van der Waals surface area (Å²) in [4.78, 5) is 7.41. The molecule has 120 valence electrons. The van der Waals surface area contributed by atoms with Crippen LogP contribution in [0.4, 0.5) is 5.95 Å². The van der Waals surface area contributed by atoms with Gasteiger partial charge in [0.05, 0.1) is 11.0 Å². The molecule has 6 heteroatoms. The average Bonchev–Trinajstić information content (AvgIpc) is 2.91. The Morgan fingerprint density at radius 1 is 1.41 bits per heavy atom. The summed E-state index contributed by atoms with van der Waals surface area (Å²) >= 11 is 7.30. The molecule has 1 saturated heterocycles. The van der Waals surface area contributed by atoms with Gasteiger partial charge < -0.3 is 14.8 Å². The van der Waals surface area contributed by atoms with E-state index in [1.165, 1.54) is 23.9 Å². The zero-order valence-corrected chi connectivity index (χ0v) is 16.5. The van der Waals surface area contributed by atoms with E-state index < -0.39 is 0 Å². The van der Waals surface area contributed by atoms with Crippen LogP contribution in [-0.4, -0.2) is 35.7 Å². The Labute approximate surface area is 148 Å². The molecular formula is C16H22Br2N4. The fourth-order valence-corrected chi connectivity index (χ4v) is 4.11. The van der Waals surface area contributed by atoms with Crippen LogP contribution in [0.1, 0.15) is 25.3 Å². The molecule has 1 atom stereocenters. The average molecular weight is 430 g/mol. The second-order valence-corrected chi connectivity index (χ2v) is 7.54. The fourth-order valence-electron chi connectivity index (χ4n) is 3.29. The number of nitrogens with zero attached hydrogens (tertiary/aromatic N) is 3. The van der Waals surface area contributed by atoms with Gasteiger partial charge >= 0.3 is 0 Å². The van der Waals surface area contributed by atoms with Crippen LogP contribution < -0.4 is 10.2 Å². The van der Waals surface area contributed by atoms with E-state index in [1.54, 1.807) is 0 Å². The van der Waals surface area contributed by atoms with Crippen LogP contribution in [0.3, 0.4) is 0 Å². The Bertz CT molecular complexity index is 695. The predicted molar refractivity (Wildman–Crippen MR) is 99.8 cm³/mol. The lowest BCUT2D eigenvalue weighted by atomic mass is 10.1. The molecule has 0 amide bonds. The van der Waals surface area contributed by atoms with Gasteiger partial charge in [-0.3, -0.25) is 0 Å². The summed E-state index contributed by atoms with van der Waals surface area (Å²) in [6, 6.07) is 2.73. The number of hydrogen-bond acceptors (Lipinski definition) is 3. The van der Waals surface area contributed by atoms with Gasteiger partial charge in [0.2, 0.25) is 5.95 Å². The molecule has 2 aromatic rings. The van der Waals surface area contributed by atoms with Crippen molar-refractivity contribution in [3.63, 3.8) is 0 Å². The minimum Gasteiger partial charge on any atom is -0.341 e. The Kier molecular flexibility index (Phi) is 4.80. The molecule has 22 heavy (non-hydrogen) atoms. The lowest BCUT2D eigenvalue weighted by molar-refractivity contribution is 0.442. The highest BCUT2D eigenvalue weighted by Gasteiger charge is 2.24. The van der Waals surface area contributed by atoms with Crippen molar-refractivity contribution in [3.05, 3.63) is 20.6 Å². The standard InChI is InChI=1S/C16H22Br2N4/c1-4-22-13-8-12(17)14(18)10(2)15(13)20-16(22)21-7-5-6-11(9-21)19-3/h8,11,19H,4-7,9H2,1-3H3/t11-/m0/s1. The van der Waals surface area contributed by atoms with Crippen LogP contribution in [0.5, 0.6) is 0 Å². The molecule has 2 heterocycles. The van der Waals surface area contributed by atoms with Crippen LogP contribution in [0.25, 0.3) is 11.0 Å². The maximum absolute atomic E-state index is 4.99. The number of benzene rings is 1. The van der Waals surface area contributed by atoms with E-state index in [-0.39, 0.29) is 0 Å². The molecule has 3 rings (SSSR count). The van der Waals surface area contributed by atoms with E-state index in [9.17, 15) is 0 Å². The summed E-state index contributed by atoms with van der Waals surface area (Å²) in [6.07, 6.45) is 2.46. The Hall–Kier alpha value is -0.590. The summed E-state index contributed by atoms with van der Waals surface area (Å²) < 4.78 is 4.52. The number of piperidine rings is 1. The summed E-state index contributed by atoms with van der Waals surface area (Å²) in [7, 11) is 2.05. The van der Waals surface area contributed by atoms with Gasteiger partial charge in [-0.05, 0) is 77.2 Å². The maximum atomic E-state index is 4.99. The Morgan fingerprint density at radius 2 is 2.18 bits per heavy atom. The van der Waals surface area contributed by atoms with Crippen molar-refractivity contribution in [3.8, 4) is 0 Å². The largest absolute Gasteiger partial charge is 0.341 e. The normalized spacial score (nSPS) is 19.1. The van der Waals surface area contributed by atoms with Gasteiger partial charge in [0.25, 0.3) is 0 Å². The highest BCUT2D eigenvalue weighted by atomic mass is 79.9. The van der Waals surface area contributed by atoms with Gasteiger partial charge in [0, 0.05) is 34.6 Å². The number of rotatable bonds is 3. The Morgan fingerprint density at radius 3 is 2.86 bits per heavy atom. The number of fused-ring (bicyclic) bond motifs is 1. The third kappa shape index (κ3) is 2.69. The quantitative estimate of drug-likeness (QED) is 0.797. The molecule has 1 aliphatic rings. The smallest absolute Gasteiger partial charge is 0.206 e. The van der Waals surface area contributed by atoms with Crippen molar-refractivity contribution in [1.82, 2.24) is 14.9 Å². The van der Waals surface area contributed by atoms with Crippen molar-refractivity contribution in [2.75, 3.05) is 25.0 Å². The summed E-state index contributed by atoms with van der Waals surface area (Å²) in [5.74, 6) is 1.10. The van der Waals surface area contributed by atoms with Crippen LogP contribution in [0.2, 0.25) is 0 Å². The number of anilines is 1. The molecule has 1 N–H and O–H groups in total. The van der Waals surface area contributed by atoms with Gasteiger partial charge in [0.1, 0.15) is 0 Å². The van der Waals surface area contributed by atoms with E-state index in [0.717, 1.165) is 40.0 Å². The van der Waals surface area contributed by atoms with Crippen LogP contribution in [0.15, 0.2) is 15.0 Å². The summed E-state index contributed by atoms with van der Waals surface area (Å²) in [5.41, 5.74) is 3.50. The van der Waals surface area contributed by atoms with Gasteiger partial charge in [0.15, 0.2) is 0 Å². The second kappa shape index (κ2) is 6.49. The fraction of sp³-hybridized carbons (Fsp3) is 0.562. The van der Waals surface area contributed by atoms with Crippen molar-refractivity contribution < 1.29 is 0 Å². The highest BCUT2D eigenvalue weighted by Crippen LogP contribution is 2.35. The van der Waals surface area contributed by atoms with Gasteiger partial charge in [-0.15, -0.1) is 0 Å². The first-order valence-corrected chi connectivity index (χ1v) is 9.42. The number of aromatic nitrogens is 2. The first-order chi connectivity index (χ1) is 10.6. The molecule has 4 nitrogen and oxygen atoms in total. The van der Waals surface area contributed by atoms with E-state index in [4.69, 9.17) is 4.98 Å². The zero-order valence-electron chi connectivity index (χ0n) is 13.3. The Balaban J connectivity index is 2.11. The van der Waals surface area contributed by atoms with E-state index in [0.29, 0.717) is 6.04 Å².